The Hall–Kier alpha value is -3.55. The van der Waals surface area contributed by atoms with E-state index in [2.05, 4.69) is 128 Å². The summed E-state index contributed by atoms with van der Waals surface area (Å²) in [5, 5.41) is 7.39. The average molecular weight is 532 g/mol. The molecular formula is C30H20N3PSe. The minimum absolute atomic E-state index is 0.997. The Balaban J connectivity index is 1.58. The summed E-state index contributed by atoms with van der Waals surface area (Å²) in [5.74, 6) is 0. The molecule has 4 aromatic carbocycles. The van der Waals surface area contributed by atoms with Crippen LogP contribution in [0, 0.1) is 0 Å². The zero-order valence-corrected chi connectivity index (χ0v) is 21.4. The van der Waals surface area contributed by atoms with Crippen LogP contribution in [0.1, 0.15) is 0 Å². The molecule has 3 heterocycles. The molecule has 0 bridgehead atoms. The quantitative estimate of drug-likeness (QED) is 0.169. The van der Waals surface area contributed by atoms with Crippen molar-refractivity contribution in [3.05, 3.63) is 122 Å². The summed E-state index contributed by atoms with van der Waals surface area (Å²) in [6, 6.07) is 38.9. The fraction of sp³-hybridized carbons (Fsp3) is 0. The number of rotatable bonds is 3. The van der Waals surface area contributed by atoms with Gasteiger partial charge in [-0.1, -0.05) is 0 Å². The van der Waals surface area contributed by atoms with Crippen molar-refractivity contribution >= 4 is 74.9 Å². The Bertz CT molecular complexity index is 1880. The van der Waals surface area contributed by atoms with E-state index in [1.165, 1.54) is 37.6 Å². The van der Waals surface area contributed by atoms with Gasteiger partial charge in [0, 0.05) is 0 Å². The van der Waals surface area contributed by atoms with E-state index in [1.54, 1.807) is 0 Å². The first-order valence-electron chi connectivity index (χ1n) is 11.5. The van der Waals surface area contributed by atoms with Crippen molar-refractivity contribution in [3.8, 4) is 0 Å². The Kier molecular flexibility index (Phi) is 4.75. The van der Waals surface area contributed by atoms with Crippen molar-refractivity contribution in [3.63, 3.8) is 0 Å². The first kappa shape index (κ1) is 20.8. The zero-order chi connectivity index (χ0) is 23.4. The van der Waals surface area contributed by atoms with E-state index in [9.17, 15) is 0 Å². The maximum atomic E-state index is 5.21. The van der Waals surface area contributed by atoms with Gasteiger partial charge in [0.2, 0.25) is 0 Å². The zero-order valence-electron chi connectivity index (χ0n) is 18.7. The van der Waals surface area contributed by atoms with Crippen molar-refractivity contribution < 1.29 is 0 Å². The van der Waals surface area contributed by atoms with E-state index >= 15 is 0 Å². The maximum absolute atomic E-state index is 5.21. The SMILES string of the molecule is [Se]=P(c1ccccc1)(c1cccnc1)c1ccc2c(c1)nc1c3ccccc3c3ccccc3n21. The van der Waals surface area contributed by atoms with Crippen molar-refractivity contribution in [2.45, 2.75) is 0 Å². The van der Waals surface area contributed by atoms with Crippen molar-refractivity contribution in [1.29, 1.82) is 0 Å². The molecule has 0 spiro atoms. The molecule has 7 rings (SSSR count). The number of pyridine rings is 2. The predicted octanol–water partition coefficient (Wildman–Crippen LogP) is 5.57. The van der Waals surface area contributed by atoms with Crippen molar-refractivity contribution in [1.82, 2.24) is 14.4 Å². The number of hydrogen-bond acceptors (Lipinski definition) is 2. The normalized spacial score (nSPS) is 13.5. The summed E-state index contributed by atoms with van der Waals surface area (Å²) >= 11 is 3.63. The van der Waals surface area contributed by atoms with E-state index in [1.807, 2.05) is 18.5 Å². The first-order valence-corrected chi connectivity index (χ1v) is 15.5. The van der Waals surface area contributed by atoms with Gasteiger partial charge in [-0.3, -0.25) is 0 Å². The second-order valence-electron chi connectivity index (χ2n) is 8.66. The van der Waals surface area contributed by atoms with Crippen LogP contribution in [0.15, 0.2) is 122 Å². The number of imidazole rings is 1. The molecule has 3 nitrogen and oxygen atoms in total. The van der Waals surface area contributed by atoms with Gasteiger partial charge in [0.15, 0.2) is 0 Å². The third kappa shape index (κ3) is 3.08. The van der Waals surface area contributed by atoms with Crippen LogP contribution in [0.5, 0.6) is 0 Å². The van der Waals surface area contributed by atoms with Crippen LogP contribution in [0.4, 0.5) is 0 Å². The summed E-state index contributed by atoms with van der Waals surface area (Å²) in [7, 11) is 0. The monoisotopic (exact) mass is 533 g/mol. The number of benzene rings is 4. The number of para-hydroxylation sites is 1. The van der Waals surface area contributed by atoms with Gasteiger partial charge in [0.05, 0.1) is 0 Å². The molecule has 1 unspecified atom stereocenters. The molecule has 166 valence electrons. The molecule has 0 saturated heterocycles. The first-order chi connectivity index (χ1) is 17.2. The molecule has 0 aliphatic rings. The van der Waals surface area contributed by atoms with Gasteiger partial charge in [-0.05, 0) is 0 Å². The van der Waals surface area contributed by atoms with E-state index < -0.39 is 5.51 Å². The Labute approximate surface area is 210 Å². The minimum atomic E-state index is -2.01. The van der Waals surface area contributed by atoms with Gasteiger partial charge in [-0.25, -0.2) is 0 Å². The van der Waals surface area contributed by atoms with Gasteiger partial charge in [-0.2, -0.15) is 0 Å². The molecule has 0 N–H and O–H groups in total. The molecule has 0 saturated carbocycles. The fourth-order valence-electron chi connectivity index (χ4n) is 5.12. The number of nitrogens with zero attached hydrogens (tertiary/aromatic N) is 3. The third-order valence-electron chi connectivity index (χ3n) is 6.73. The van der Waals surface area contributed by atoms with Crippen LogP contribution in [-0.4, -0.2) is 29.5 Å². The second-order valence-corrected chi connectivity index (χ2v) is 14.9. The molecule has 5 heteroatoms. The Morgan fingerprint density at radius 1 is 0.600 bits per heavy atom. The fourth-order valence-corrected chi connectivity index (χ4v) is 9.88. The van der Waals surface area contributed by atoms with Crippen LogP contribution in [-0.2, 0) is 0 Å². The molecule has 0 aliphatic carbocycles. The molecule has 3 aromatic heterocycles. The summed E-state index contributed by atoms with van der Waals surface area (Å²) in [4.78, 5) is 9.66. The van der Waals surface area contributed by atoms with Gasteiger partial charge in [0.25, 0.3) is 0 Å². The predicted molar refractivity (Wildman–Crippen MR) is 150 cm³/mol. The van der Waals surface area contributed by atoms with Crippen LogP contribution in [0.3, 0.4) is 0 Å². The summed E-state index contributed by atoms with van der Waals surface area (Å²) in [6.07, 6.45) is 3.83. The van der Waals surface area contributed by atoms with E-state index in [-0.39, 0.29) is 0 Å². The van der Waals surface area contributed by atoms with Crippen LogP contribution in [0.25, 0.3) is 38.4 Å². The molecular weight excluding hydrogens is 512 g/mol. The molecule has 0 amide bonds. The number of hydrogen-bond donors (Lipinski definition) is 0. The molecule has 0 fully saturated rings. The van der Waals surface area contributed by atoms with Crippen LogP contribution < -0.4 is 15.9 Å². The third-order valence-corrected chi connectivity index (χ3v) is 13.7. The topological polar surface area (TPSA) is 30.2 Å². The summed E-state index contributed by atoms with van der Waals surface area (Å²) in [5.41, 5.74) is 2.29. The van der Waals surface area contributed by atoms with Crippen molar-refractivity contribution in [2.75, 3.05) is 0 Å². The molecule has 7 aromatic rings. The van der Waals surface area contributed by atoms with E-state index in [4.69, 9.17) is 4.98 Å². The molecule has 1 atom stereocenters. The van der Waals surface area contributed by atoms with E-state index in [0.29, 0.717) is 0 Å². The number of aromatic nitrogens is 3. The Morgan fingerprint density at radius 2 is 1.31 bits per heavy atom. The standard InChI is InChI=1S/C30H20N3PSe/c35-34(21-9-2-1-3-10-21,23-11-8-18-31-20-23)22-16-17-29-27(19-22)32-30-26-14-5-4-12-24(26)25-13-6-7-15-28(25)33(29)30/h1-20H. The second kappa shape index (κ2) is 8.00. The Morgan fingerprint density at radius 3 is 2.11 bits per heavy atom. The van der Waals surface area contributed by atoms with Crippen molar-refractivity contribution in [2.24, 2.45) is 0 Å². The number of fused-ring (bicyclic) bond motifs is 8. The van der Waals surface area contributed by atoms with Gasteiger partial charge < -0.3 is 0 Å². The summed E-state index contributed by atoms with van der Waals surface area (Å²) < 4.78 is 2.31. The van der Waals surface area contributed by atoms with Gasteiger partial charge >= 0.3 is 211 Å². The van der Waals surface area contributed by atoms with Crippen LogP contribution >= 0.6 is 5.51 Å². The average Bonchev–Trinajstić information content (AvgIpc) is 3.33. The van der Waals surface area contributed by atoms with Gasteiger partial charge in [-0.15, -0.1) is 0 Å². The van der Waals surface area contributed by atoms with Gasteiger partial charge in [0.1, 0.15) is 0 Å². The van der Waals surface area contributed by atoms with E-state index in [0.717, 1.165) is 16.7 Å². The van der Waals surface area contributed by atoms with Crippen LogP contribution in [0.2, 0.25) is 0 Å². The molecule has 35 heavy (non-hydrogen) atoms. The molecule has 0 aliphatic heterocycles. The summed E-state index contributed by atoms with van der Waals surface area (Å²) in [6.45, 7) is 0. The molecule has 0 radical (unpaired) electrons.